The van der Waals surface area contributed by atoms with Crippen LogP contribution < -0.4 is 10.1 Å². The Balaban J connectivity index is 1.70. The fraction of sp³-hybridized carbons (Fsp3) is 0.389. The van der Waals surface area contributed by atoms with Crippen molar-refractivity contribution in [1.29, 1.82) is 0 Å². The minimum Gasteiger partial charge on any atom is -0.490 e. The third-order valence-electron chi connectivity index (χ3n) is 3.99. The van der Waals surface area contributed by atoms with Crippen molar-refractivity contribution in [2.24, 2.45) is 0 Å². The molecule has 1 aliphatic rings. The van der Waals surface area contributed by atoms with Gasteiger partial charge in [0.1, 0.15) is 11.9 Å². The van der Waals surface area contributed by atoms with Crippen molar-refractivity contribution in [3.05, 3.63) is 59.4 Å². The van der Waals surface area contributed by atoms with E-state index < -0.39 is 0 Å². The number of pyridine rings is 1. The van der Waals surface area contributed by atoms with Gasteiger partial charge in [-0.05, 0) is 42.7 Å². The summed E-state index contributed by atoms with van der Waals surface area (Å²) in [6.45, 7) is 5.13. The number of nitrogens with one attached hydrogen (secondary N) is 1. The smallest absolute Gasteiger partial charge is 0.123 e. The summed E-state index contributed by atoms with van der Waals surface area (Å²) in [4.78, 5) is 4.36. The first kappa shape index (κ1) is 14.1. The van der Waals surface area contributed by atoms with Crippen LogP contribution >= 0.6 is 0 Å². The zero-order chi connectivity index (χ0) is 14.7. The Bertz CT molecular complexity index is 597. The van der Waals surface area contributed by atoms with Crippen LogP contribution in [0.5, 0.6) is 5.75 Å². The van der Waals surface area contributed by atoms with Crippen molar-refractivity contribution < 1.29 is 4.74 Å². The van der Waals surface area contributed by atoms with Crippen LogP contribution in [0.25, 0.3) is 0 Å². The lowest BCUT2D eigenvalue weighted by Crippen LogP contribution is -2.20. The molecule has 2 atom stereocenters. The van der Waals surface area contributed by atoms with Gasteiger partial charge in [0.2, 0.25) is 0 Å². The van der Waals surface area contributed by atoms with Gasteiger partial charge < -0.3 is 10.1 Å². The van der Waals surface area contributed by atoms with E-state index in [2.05, 4.69) is 48.4 Å². The zero-order valence-electron chi connectivity index (χ0n) is 12.7. The maximum Gasteiger partial charge on any atom is 0.123 e. The molecule has 0 fully saturated rings. The summed E-state index contributed by atoms with van der Waals surface area (Å²) < 4.78 is 5.77. The Morgan fingerprint density at radius 1 is 1.33 bits per heavy atom. The summed E-state index contributed by atoms with van der Waals surface area (Å²) >= 11 is 0. The normalized spacial score (nSPS) is 18.1. The molecule has 0 amide bonds. The van der Waals surface area contributed by atoms with Crippen LogP contribution in [0.3, 0.4) is 0 Å². The minimum absolute atomic E-state index is 0.303. The molecule has 2 aromatic rings. The third kappa shape index (κ3) is 3.24. The Morgan fingerprint density at radius 3 is 3.00 bits per heavy atom. The first-order chi connectivity index (χ1) is 10.3. The molecule has 110 valence electrons. The zero-order valence-corrected chi connectivity index (χ0v) is 12.7. The van der Waals surface area contributed by atoms with Crippen LogP contribution in [0.4, 0.5) is 0 Å². The topological polar surface area (TPSA) is 34.2 Å². The van der Waals surface area contributed by atoms with Crippen LogP contribution in [0.15, 0.2) is 42.6 Å². The Labute approximate surface area is 126 Å². The molecular formula is C18H22N2O. The van der Waals surface area contributed by atoms with Gasteiger partial charge in [-0.3, -0.25) is 4.98 Å². The summed E-state index contributed by atoms with van der Waals surface area (Å²) in [6, 6.07) is 13.0. The molecule has 3 heteroatoms. The molecule has 3 nitrogen and oxygen atoms in total. The van der Waals surface area contributed by atoms with Gasteiger partial charge in [-0.15, -0.1) is 0 Å². The SMILES string of the molecule is CCC(NCc1ccccn1)c1ccc2c(c1)CC(C)O2. The van der Waals surface area contributed by atoms with Gasteiger partial charge in [0.25, 0.3) is 0 Å². The van der Waals surface area contributed by atoms with Gasteiger partial charge in [0.05, 0.1) is 5.69 Å². The standard InChI is InChI=1S/C18H22N2O/c1-3-17(20-12-16-6-4-5-9-19-16)14-7-8-18-15(11-14)10-13(2)21-18/h4-9,11,13,17,20H,3,10,12H2,1-2H3. The largest absolute Gasteiger partial charge is 0.490 e. The van der Waals surface area contributed by atoms with Gasteiger partial charge in [-0.25, -0.2) is 0 Å². The second kappa shape index (κ2) is 6.27. The summed E-state index contributed by atoms with van der Waals surface area (Å²) in [5.74, 6) is 1.05. The molecule has 0 saturated carbocycles. The highest BCUT2D eigenvalue weighted by Gasteiger charge is 2.20. The van der Waals surface area contributed by atoms with Crippen molar-refractivity contribution in [3.8, 4) is 5.75 Å². The number of hydrogen-bond donors (Lipinski definition) is 1. The molecular weight excluding hydrogens is 260 g/mol. The molecule has 3 rings (SSSR count). The number of nitrogens with zero attached hydrogens (tertiary/aromatic N) is 1. The molecule has 1 aliphatic heterocycles. The summed E-state index contributed by atoms with van der Waals surface area (Å²) in [6.07, 6.45) is 4.21. The maximum atomic E-state index is 5.77. The monoisotopic (exact) mass is 282 g/mol. The van der Waals surface area contributed by atoms with Gasteiger partial charge in [-0.1, -0.05) is 25.1 Å². The van der Waals surface area contributed by atoms with E-state index in [9.17, 15) is 0 Å². The van der Waals surface area contributed by atoms with Crippen molar-refractivity contribution in [2.45, 2.75) is 45.4 Å². The van der Waals surface area contributed by atoms with Crippen molar-refractivity contribution in [1.82, 2.24) is 10.3 Å². The van der Waals surface area contributed by atoms with Gasteiger partial charge in [0.15, 0.2) is 0 Å². The van der Waals surface area contributed by atoms with E-state index in [1.807, 2.05) is 18.3 Å². The van der Waals surface area contributed by atoms with E-state index in [-0.39, 0.29) is 0 Å². The summed E-state index contributed by atoms with van der Waals surface area (Å²) in [7, 11) is 0. The van der Waals surface area contributed by atoms with E-state index in [1.54, 1.807) is 0 Å². The predicted octanol–water partition coefficient (Wildman–Crippen LogP) is 3.65. The van der Waals surface area contributed by atoms with Gasteiger partial charge in [0, 0.05) is 25.2 Å². The third-order valence-corrected chi connectivity index (χ3v) is 3.99. The number of fused-ring (bicyclic) bond motifs is 1. The van der Waals surface area contributed by atoms with Crippen LogP contribution in [-0.2, 0) is 13.0 Å². The number of ether oxygens (including phenoxy) is 1. The molecule has 1 N–H and O–H groups in total. The van der Waals surface area contributed by atoms with Crippen LogP contribution in [0, 0.1) is 0 Å². The van der Waals surface area contributed by atoms with Crippen LogP contribution in [-0.4, -0.2) is 11.1 Å². The lowest BCUT2D eigenvalue weighted by molar-refractivity contribution is 0.254. The highest BCUT2D eigenvalue weighted by molar-refractivity contribution is 5.41. The fourth-order valence-electron chi connectivity index (χ4n) is 2.89. The minimum atomic E-state index is 0.303. The average Bonchev–Trinajstić information content (AvgIpc) is 2.88. The van der Waals surface area contributed by atoms with Crippen molar-refractivity contribution in [2.75, 3.05) is 0 Å². The average molecular weight is 282 g/mol. The highest BCUT2D eigenvalue weighted by atomic mass is 16.5. The Hall–Kier alpha value is -1.87. The molecule has 0 radical (unpaired) electrons. The van der Waals surface area contributed by atoms with Crippen molar-refractivity contribution in [3.63, 3.8) is 0 Å². The maximum absolute atomic E-state index is 5.77. The number of benzene rings is 1. The molecule has 0 aliphatic carbocycles. The predicted molar refractivity (Wildman–Crippen MR) is 84.3 cm³/mol. The fourth-order valence-corrected chi connectivity index (χ4v) is 2.89. The second-order valence-electron chi connectivity index (χ2n) is 5.66. The van der Waals surface area contributed by atoms with E-state index in [1.165, 1.54) is 11.1 Å². The highest BCUT2D eigenvalue weighted by Crippen LogP contribution is 2.31. The van der Waals surface area contributed by atoms with Gasteiger partial charge >= 0.3 is 0 Å². The summed E-state index contributed by atoms with van der Waals surface area (Å²) in [5.41, 5.74) is 3.75. The molecule has 0 spiro atoms. The quantitative estimate of drug-likeness (QED) is 0.909. The Kier molecular flexibility index (Phi) is 4.20. The number of aromatic nitrogens is 1. The van der Waals surface area contributed by atoms with E-state index in [4.69, 9.17) is 4.74 Å². The van der Waals surface area contributed by atoms with E-state index in [0.717, 1.165) is 30.8 Å². The second-order valence-corrected chi connectivity index (χ2v) is 5.66. The molecule has 2 unspecified atom stereocenters. The van der Waals surface area contributed by atoms with E-state index in [0.29, 0.717) is 12.1 Å². The van der Waals surface area contributed by atoms with Crippen molar-refractivity contribution >= 4 is 0 Å². The first-order valence-corrected chi connectivity index (χ1v) is 7.69. The van der Waals surface area contributed by atoms with Crippen LogP contribution in [0.1, 0.15) is 43.1 Å². The summed E-state index contributed by atoms with van der Waals surface area (Å²) in [5, 5.41) is 3.60. The lowest BCUT2D eigenvalue weighted by atomic mass is 10.00. The first-order valence-electron chi connectivity index (χ1n) is 7.69. The molecule has 1 aromatic heterocycles. The van der Waals surface area contributed by atoms with Gasteiger partial charge in [-0.2, -0.15) is 0 Å². The Morgan fingerprint density at radius 2 is 2.24 bits per heavy atom. The van der Waals surface area contributed by atoms with Crippen LogP contribution in [0.2, 0.25) is 0 Å². The molecule has 0 bridgehead atoms. The molecule has 0 saturated heterocycles. The number of rotatable bonds is 5. The molecule has 2 heterocycles. The molecule has 1 aromatic carbocycles. The lowest BCUT2D eigenvalue weighted by Gasteiger charge is -2.18. The number of hydrogen-bond acceptors (Lipinski definition) is 3. The molecule has 21 heavy (non-hydrogen) atoms. The van der Waals surface area contributed by atoms with E-state index >= 15 is 0 Å².